The van der Waals surface area contributed by atoms with Crippen molar-refractivity contribution in [1.29, 1.82) is 0 Å². The van der Waals surface area contributed by atoms with Crippen molar-refractivity contribution < 1.29 is 4.79 Å². The predicted octanol–water partition coefficient (Wildman–Crippen LogP) is 0.298. The van der Waals surface area contributed by atoms with Gasteiger partial charge in [-0.2, -0.15) is 0 Å². The third-order valence-corrected chi connectivity index (χ3v) is 5.44. The third kappa shape index (κ3) is 5.77. The fourth-order valence-electron chi connectivity index (χ4n) is 3.56. The Bertz CT molecular complexity index is 562. The molecule has 6 heteroatoms. The molecule has 0 atom stereocenters. The first-order valence-electron chi connectivity index (χ1n) is 9.76. The van der Waals surface area contributed by atoms with Gasteiger partial charge in [0, 0.05) is 72.5 Å². The van der Waals surface area contributed by atoms with E-state index in [-0.39, 0.29) is 5.91 Å². The zero-order chi connectivity index (χ0) is 18.4. The second kappa shape index (κ2) is 9.46. The number of nitrogens with one attached hydrogen (secondary N) is 1. The van der Waals surface area contributed by atoms with Gasteiger partial charge in [0.15, 0.2) is 0 Å². The molecule has 0 unspecified atom stereocenters. The van der Waals surface area contributed by atoms with Gasteiger partial charge in [-0.05, 0) is 18.2 Å². The summed E-state index contributed by atoms with van der Waals surface area (Å²) < 4.78 is 0. The third-order valence-electron chi connectivity index (χ3n) is 5.44. The van der Waals surface area contributed by atoms with Crippen molar-refractivity contribution in [3.05, 3.63) is 35.4 Å². The van der Waals surface area contributed by atoms with Crippen molar-refractivity contribution in [2.24, 2.45) is 0 Å². The van der Waals surface area contributed by atoms with Crippen LogP contribution >= 0.6 is 0 Å². The predicted molar refractivity (Wildman–Crippen MR) is 105 cm³/mol. The normalized spacial score (nSPS) is 20.2. The Morgan fingerprint density at radius 2 is 1.58 bits per heavy atom. The minimum atomic E-state index is 0.202. The number of benzene rings is 1. The molecule has 0 spiro atoms. The van der Waals surface area contributed by atoms with Crippen LogP contribution in [0.25, 0.3) is 0 Å². The van der Waals surface area contributed by atoms with Gasteiger partial charge in [0.25, 0.3) is 0 Å². The summed E-state index contributed by atoms with van der Waals surface area (Å²) in [4.78, 5) is 21.4. The van der Waals surface area contributed by atoms with Crippen LogP contribution in [0.15, 0.2) is 24.3 Å². The number of hydrogen-bond acceptors (Lipinski definition) is 5. The molecule has 2 aliphatic heterocycles. The highest BCUT2D eigenvalue weighted by molar-refractivity contribution is 5.78. The molecular formula is C20H33N5O. The SMILES string of the molecule is CN1CCN(Cc2ccc(CN(C)C(=O)CN3CCNCC3)cc2)CC1. The van der Waals surface area contributed by atoms with Crippen LogP contribution in [0, 0.1) is 0 Å². The van der Waals surface area contributed by atoms with Crippen LogP contribution in [0.3, 0.4) is 0 Å². The van der Waals surface area contributed by atoms with E-state index in [0.29, 0.717) is 13.1 Å². The molecule has 2 aliphatic rings. The summed E-state index contributed by atoms with van der Waals surface area (Å²) in [5.74, 6) is 0.202. The average Bonchev–Trinajstić information content (AvgIpc) is 2.66. The maximum absolute atomic E-state index is 12.4. The van der Waals surface area contributed by atoms with Crippen molar-refractivity contribution in [3.8, 4) is 0 Å². The first-order chi connectivity index (χ1) is 12.6. The molecule has 3 rings (SSSR count). The number of likely N-dealkylation sites (N-methyl/N-ethyl adjacent to an activating group) is 2. The van der Waals surface area contributed by atoms with E-state index >= 15 is 0 Å². The number of nitrogens with zero attached hydrogens (tertiary/aromatic N) is 4. The van der Waals surface area contributed by atoms with E-state index in [1.807, 2.05) is 11.9 Å². The molecule has 0 bridgehead atoms. The molecule has 0 radical (unpaired) electrons. The van der Waals surface area contributed by atoms with E-state index in [2.05, 4.69) is 51.3 Å². The molecule has 1 amide bonds. The lowest BCUT2D eigenvalue weighted by atomic mass is 10.1. The Labute approximate surface area is 157 Å². The highest BCUT2D eigenvalue weighted by Gasteiger charge is 2.17. The molecule has 2 fully saturated rings. The van der Waals surface area contributed by atoms with E-state index in [0.717, 1.165) is 58.9 Å². The fourth-order valence-corrected chi connectivity index (χ4v) is 3.56. The van der Waals surface area contributed by atoms with Gasteiger partial charge in [-0.15, -0.1) is 0 Å². The first kappa shape index (κ1) is 19.3. The van der Waals surface area contributed by atoms with Crippen LogP contribution in [0.4, 0.5) is 0 Å². The number of amides is 1. The van der Waals surface area contributed by atoms with Gasteiger partial charge in [0.05, 0.1) is 6.54 Å². The summed E-state index contributed by atoms with van der Waals surface area (Å²) in [5.41, 5.74) is 2.55. The maximum Gasteiger partial charge on any atom is 0.236 e. The Morgan fingerprint density at radius 1 is 0.962 bits per heavy atom. The van der Waals surface area contributed by atoms with Crippen LogP contribution in [-0.2, 0) is 17.9 Å². The second-order valence-electron chi connectivity index (χ2n) is 7.67. The summed E-state index contributed by atoms with van der Waals surface area (Å²) in [6.07, 6.45) is 0. The molecule has 144 valence electrons. The number of hydrogen-bond donors (Lipinski definition) is 1. The lowest BCUT2D eigenvalue weighted by Crippen LogP contribution is -2.47. The molecule has 6 nitrogen and oxygen atoms in total. The van der Waals surface area contributed by atoms with E-state index < -0.39 is 0 Å². The molecule has 1 aromatic carbocycles. The number of carbonyl (C=O) groups is 1. The van der Waals surface area contributed by atoms with Crippen molar-refractivity contribution in [2.75, 3.05) is 73.0 Å². The molecule has 26 heavy (non-hydrogen) atoms. The molecule has 0 aliphatic carbocycles. The molecule has 1 aromatic rings. The summed E-state index contributed by atoms with van der Waals surface area (Å²) in [5, 5.41) is 3.32. The van der Waals surface area contributed by atoms with Crippen molar-refractivity contribution in [3.63, 3.8) is 0 Å². The van der Waals surface area contributed by atoms with Gasteiger partial charge in [-0.25, -0.2) is 0 Å². The summed E-state index contributed by atoms with van der Waals surface area (Å²) in [6.45, 7) is 10.7. The van der Waals surface area contributed by atoms with Crippen LogP contribution in [-0.4, -0.2) is 98.5 Å². The van der Waals surface area contributed by atoms with Gasteiger partial charge >= 0.3 is 0 Å². The van der Waals surface area contributed by atoms with Gasteiger partial charge in [-0.3, -0.25) is 14.6 Å². The van der Waals surface area contributed by atoms with E-state index in [1.165, 1.54) is 11.1 Å². The monoisotopic (exact) mass is 359 g/mol. The zero-order valence-electron chi connectivity index (χ0n) is 16.3. The zero-order valence-corrected chi connectivity index (χ0v) is 16.3. The smallest absolute Gasteiger partial charge is 0.236 e. The summed E-state index contributed by atoms with van der Waals surface area (Å²) >= 11 is 0. The van der Waals surface area contributed by atoms with Crippen molar-refractivity contribution >= 4 is 5.91 Å². The van der Waals surface area contributed by atoms with Gasteiger partial charge in [-0.1, -0.05) is 24.3 Å². The van der Waals surface area contributed by atoms with Crippen LogP contribution in [0.1, 0.15) is 11.1 Å². The lowest BCUT2D eigenvalue weighted by molar-refractivity contribution is -0.131. The average molecular weight is 360 g/mol. The Morgan fingerprint density at radius 3 is 2.23 bits per heavy atom. The molecule has 0 saturated carbocycles. The Hall–Kier alpha value is -1.47. The van der Waals surface area contributed by atoms with E-state index in [9.17, 15) is 4.79 Å². The number of piperazine rings is 2. The Balaban J connectivity index is 1.44. The van der Waals surface area contributed by atoms with Crippen molar-refractivity contribution in [1.82, 2.24) is 24.9 Å². The van der Waals surface area contributed by atoms with Gasteiger partial charge < -0.3 is 15.1 Å². The van der Waals surface area contributed by atoms with Crippen LogP contribution in [0.5, 0.6) is 0 Å². The Kier molecular flexibility index (Phi) is 7.02. The first-order valence-corrected chi connectivity index (χ1v) is 9.76. The summed E-state index contributed by atoms with van der Waals surface area (Å²) in [7, 11) is 4.09. The van der Waals surface area contributed by atoms with E-state index in [4.69, 9.17) is 0 Å². The fraction of sp³-hybridized carbons (Fsp3) is 0.650. The van der Waals surface area contributed by atoms with Gasteiger partial charge in [0.2, 0.25) is 5.91 Å². The molecule has 1 N–H and O–H groups in total. The van der Waals surface area contributed by atoms with E-state index in [1.54, 1.807) is 0 Å². The van der Waals surface area contributed by atoms with Crippen molar-refractivity contribution in [2.45, 2.75) is 13.1 Å². The number of rotatable bonds is 6. The minimum absolute atomic E-state index is 0.202. The molecule has 0 aromatic heterocycles. The highest BCUT2D eigenvalue weighted by atomic mass is 16.2. The van der Waals surface area contributed by atoms with Crippen LogP contribution < -0.4 is 5.32 Å². The maximum atomic E-state index is 12.4. The van der Waals surface area contributed by atoms with Gasteiger partial charge in [0.1, 0.15) is 0 Å². The standard InChI is InChI=1S/C20H33N5O/c1-22-11-13-25(14-12-22)16-19-5-3-18(4-6-19)15-23(2)20(26)17-24-9-7-21-8-10-24/h3-6,21H,7-17H2,1-2H3. The quantitative estimate of drug-likeness (QED) is 0.791. The summed E-state index contributed by atoms with van der Waals surface area (Å²) in [6, 6.07) is 8.75. The molecular weight excluding hydrogens is 326 g/mol. The lowest BCUT2D eigenvalue weighted by Gasteiger charge is -2.32. The molecule has 2 heterocycles. The molecule has 2 saturated heterocycles. The highest BCUT2D eigenvalue weighted by Crippen LogP contribution is 2.11. The topological polar surface area (TPSA) is 42.1 Å². The minimum Gasteiger partial charge on any atom is -0.340 e. The van der Waals surface area contributed by atoms with Crippen LogP contribution in [0.2, 0.25) is 0 Å². The number of carbonyl (C=O) groups excluding carboxylic acids is 1. The second-order valence-corrected chi connectivity index (χ2v) is 7.67. The largest absolute Gasteiger partial charge is 0.340 e.